The third-order valence-electron chi connectivity index (χ3n) is 4.35. The fraction of sp³-hybridized carbons (Fsp3) is 0.217. The number of anilines is 2. The van der Waals surface area contributed by atoms with Crippen LogP contribution in [0.1, 0.15) is 5.56 Å². The lowest BCUT2D eigenvalue weighted by Gasteiger charge is -2.11. The smallest absolute Gasteiger partial charge is 0.262 e. The molecule has 3 aromatic rings. The first-order valence-corrected chi connectivity index (χ1v) is 9.56. The van der Waals surface area contributed by atoms with Gasteiger partial charge in [0.05, 0.1) is 26.1 Å². The molecule has 1 aromatic heterocycles. The number of para-hydroxylation sites is 2. The Hall–Kier alpha value is -3.74. The van der Waals surface area contributed by atoms with Gasteiger partial charge < -0.3 is 24.8 Å². The molecule has 2 aromatic carbocycles. The Kier molecular flexibility index (Phi) is 7.49. The molecule has 0 atom stereocenters. The summed E-state index contributed by atoms with van der Waals surface area (Å²) >= 11 is 0. The van der Waals surface area contributed by atoms with Gasteiger partial charge in [0, 0.05) is 6.54 Å². The van der Waals surface area contributed by atoms with E-state index in [1.54, 1.807) is 38.6 Å². The number of methoxy groups -OCH3 is 2. The molecule has 0 fully saturated rings. The third-order valence-corrected chi connectivity index (χ3v) is 4.35. The molecular formula is C23H25N3O4. The molecule has 3 rings (SSSR count). The number of amides is 1. The number of benzene rings is 2. The van der Waals surface area contributed by atoms with E-state index < -0.39 is 0 Å². The fourth-order valence-electron chi connectivity index (χ4n) is 2.78. The molecule has 0 unspecified atom stereocenters. The lowest BCUT2D eigenvalue weighted by atomic mass is 10.1. The van der Waals surface area contributed by atoms with Crippen molar-refractivity contribution in [1.82, 2.24) is 4.98 Å². The molecule has 0 radical (unpaired) electrons. The van der Waals surface area contributed by atoms with E-state index in [-0.39, 0.29) is 12.5 Å². The van der Waals surface area contributed by atoms with Crippen molar-refractivity contribution >= 4 is 17.4 Å². The van der Waals surface area contributed by atoms with Gasteiger partial charge >= 0.3 is 0 Å². The van der Waals surface area contributed by atoms with Crippen LogP contribution in [0.25, 0.3) is 0 Å². The zero-order chi connectivity index (χ0) is 21.2. The van der Waals surface area contributed by atoms with Crippen LogP contribution in [-0.2, 0) is 11.2 Å². The number of hydrogen-bond acceptors (Lipinski definition) is 6. The van der Waals surface area contributed by atoms with Crippen LogP contribution in [0.2, 0.25) is 0 Å². The summed E-state index contributed by atoms with van der Waals surface area (Å²) in [6.45, 7) is 0.625. The summed E-state index contributed by atoms with van der Waals surface area (Å²) in [6, 6.07) is 18.8. The largest absolute Gasteiger partial charge is 0.497 e. The van der Waals surface area contributed by atoms with Crippen LogP contribution in [0, 0.1) is 0 Å². The molecular weight excluding hydrogens is 382 g/mol. The highest BCUT2D eigenvalue weighted by Crippen LogP contribution is 2.25. The number of nitrogens with one attached hydrogen (secondary N) is 2. The second-order valence-corrected chi connectivity index (χ2v) is 6.44. The van der Waals surface area contributed by atoms with E-state index in [9.17, 15) is 4.79 Å². The Morgan fingerprint density at radius 3 is 2.37 bits per heavy atom. The highest BCUT2D eigenvalue weighted by Gasteiger charge is 2.07. The summed E-state index contributed by atoms with van der Waals surface area (Å²) in [5, 5.41) is 6.03. The lowest BCUT2D eigenvalue weighted by molar-refractivity contribution is -0.118. The number of nitrogens with zero attached hydrogens (tertiary/aromatic N) is 1. The first-order chi connectivity index (χ1) is 14.7. The predicted octanol–water partition coefficient (Wildman–Crippen LogP) is 3.77. The van der Waals surface area contributed by atoms with Crippen LogP contribution < -0.4 is 24.8 Å². The van der Waals surface area contributed by atoms with Gasteiger partial charge in [-0.3, -0.25) is 4.79 Å². The van der Waals surface area contributed by atoms with E-state index >= 15 is 0 Å². The first-order valence-electron chi connectivity index (χ1n) is 9.56. The lowest BCUT2D eigenvalue weighted by Crippen LogP contribution is -2.20. The van der Waals surface area contributed by atoms with E-state index in [1.807, 2.05) is 42.5 Å². The van der Waals surface area contributed by atoms with Gasteiger partial charge in [0.2, 0.25) is 0 Å². The van der Waals surface area contributed by atoms with E-state index in [2.05, 4.69) is 15.6 Å². The molecule has 0 saturated carbocycles. The SMILES string of the molecule is COc1ccc(CCNc2ccc(NC(=O)COc3ccccc3OC)cn2)cc1. The molecule has 1 heterocycles. The Morgan fingerprint density at radius 1 is 0.933 bits per heavy atom. The normalized spacial score (nSPS) is 10.2. The Bertz CT molecular complexity index is 943. The minimum Gasteiger partial charge on any atom is -0.497 e. The maximum absolute atomic E-state index is 12.1. The molecule has 7 nitrogen and oxygen atoms in total. The first kappa shape index (κ1) is 21.0. The second-order valence-electron chi connectivity index (χ2n) is 6.44. The zero-order valence-corrected chi connectivity index (χ0v) is 17.1. The molecule has 0 spiro atoms. The minimum absolute atomic E-state index is 0.123. The quantitative estimate of drug-likeness (QED) is 0.532. The van der Waals surface area contributed by atoms with Crippen molar-refractivity contribution in [3.63, 3.8) is 0 Å². The minimum atomic E-state index is -0.275. The van der Waals surface area contributed by atoms with Gasteiger partial charge in [-0.05, 0) is 48.4 Å². The maximum atomic E-state index is 12.1. The van der Waals surface area contributed by atoms with Gasteiger partial charge in [-0.25, -0.2) is 4.98 Å². The van der Waals surface area contributed by atoms with Gasteiger partial charge in [-0.2, -0.15) is 0 Å². The molecule has 2 N–H and O–H groups in total. The van der Waals surface area contributed by atoms with E-state index in [1.165, 1.54) is 5.56 Å². The fourth-order valence-corrected chi connectivity index (χ4v) is 2.78. The van der Waals surface area contributed by atoms with E-state index in [0.717, 1.165) is 24.5 Å². The van der Waals surface area contributed by atoms with Crippen molar-refractivity contribution in [2.45, 2.75) is 6.42 Å². The predicted molar refractivity (Wildman–Crippen MR) is 117 cm³/mol. The van der Waals surface area contributed by atoms with Crippen molar-refractivity contribution in [2.24, 2.45) is 0 Å². The molecule has 0 saturated heterocycles. The summed E-state index contributed by atoms with van der Waals surface area (Å²) in [6.07, 6.45) is 2.47. The van der Waals surface area contributed by atoms with Crippen LogP contribution >= 0.6 is 0 Å². The standard InChI is InChI=1S/C23H25N3O4/c1-28-19-10-7-17(8-11-19)13-14-24-22-12-9-18(15-25-22)26-23(27)16-30-21-6-4-3-5-20(21)29-2/h3-12,15H,13-14,16H2,1-2H3,(H,24,25)(H,26,27). The Labute approximate surface area is 176 Å². The van der Waals surface area contributed by atoms with Crippen LogP contribution in [0.4, 0.5) is 11.5 Å². The van der Waals surface area contributed by atoms with Crippen LogP contribution in [0.5, 0.6) is 17.2 Å². The van der Waals surface area contributed by atoms with Crippen LogP contribution in [-0.4, -0.2) is 38.3 Å². The molecule has 156 valence electrons. The summed E-state index contributed by atoms with van der Waals surface area (Å²) in [5.41, 5.74) is 1.81. The Morgan fingerprint density at radius 2 is 1.70 bits per heavy atom. The number of carbonyl (C=O) groups excluding carboxylic acids is 1. The molecule has 0 aliphatic heterocycles. The second kappa shape index (κ2) is 10.7. The van der Waals surface area contributed by atoms with Crippen molar-refractivity contribution < 1.29 is 19.0 Å². The van der Waals surface area contributed by atoms with Crippen molar-refractivity contribution in [2.75, 3.05) is 38.0 Å². The summed E-state index contributed by atoms with van der Waals surface area (Å²) < 4.78 is 15.9. The summed E-state index contributed by atoms with van der Waals surface area (Å²) in [4.78, 5) is 16.4. The highest BCUT2D eigenvalue weighted by atomic mass is 16.5. The van der Waals surface area contributed by atoms with E-state index in [0.29, 0.717) is 17.2 Å². The third kappa shape index (κ3) is 6.13. The number of pyridine rings is 1. The number of hydrogen-bond donors (Lipinski definition) is 2. The van der Waals surface area contributed by atoms with E-state index in [4.69, 9.17) is 14.2 Å². The van der Waals surface area contributed by atoms with Gasteiger partial charge in [0.25, 0.3) is 5.91 Å². The zero-order valence-electron chi connectivity index (χ0n) is 17.1. The summed E-state index contributed by atoms with van der Waals surface area (Å²) in [7, 11) is 3.21. The average Bonchev–Trinajstić information content (AvgIpc) is 2.79. The van der Waals surface area contributed by atoms with Crippen LogP contribution in [0.3, 0.4) is 0 Å². The molecule has 0 aliphatic carbocycles. The van der Waals surface area contributed by atoms with Gasteiger partial charge in [-0.1, -0.05) is 24.3 Å². The molecule has 30 heavy (non-hydrogen) atoms. The molecule has 1 amide bonds. The highest BCUT2D eigenvalue weighted by molar-refractivity contribution is 5.91. The van der Waals surface area contributed by atoms with Crippen LogP contribution in [0.15, 0.2) is 66.9 Å². The number of rotatable bonds is 10. The van der Waals surface area contributed by atoms with Crippen molar-refractivity contribution in [3.8, 4) is 17.2 Å². The topological polar surface area (TPSA) is 81.7 Å². The monoisotopic (exact) mass is 407 g/mol. The van der Waals surface area contributed by atoms with Gasteiger partial charge in [0.15, 0.2) is 18.1 Å². The molecule has 0 bridgehead atoms. The maximum Gasteiger partial charge on any atom is 0.262 e. The number of ether oxygens (including phenoxy) is 3. The number of aromatic nitrogens is 1. The molecule has 0 aliphatic rings. The average molecular weight is 407 g/mol. The molecule has 7 heteroatoms. The number of carbonyl (C=O) groups is 1. The van der Waals surface area contributed by atoms with Crippen molar-refractivity contribution in [1.29, 1.82) is 0 Å². The van der Waals surface area contributed by atoms with Gasteiger partial charge in [0.1, 0.15) is 11.6 Å². The summed E-state index contributed by atoms with van der Waals surface area (Å²) in [5.74, 6) is 2.41. The Balaban J connectivity index is 1.42. The van der Waals surface area contributed by atoms with Gasteiger partial charge in [-0.15, -0.1) is 0 Å². The van der Waals surface area contributed by atoms with Crippen molar-refractivity contribution in [3.05, 3.63) is 72.4 Å².